The van der Waals surface area contributed by atoms with Gasteiger partial charge in [-0.3, -0.25) is 28.9 Å². The number of carbonyl (C=O) groups is 5. The van der Waals surface area contributed by atoms with Crippen molar-refractivity contribution >= 4 is 29.4 Å². The van der Waals surface area contributed by atoms with Crippen molar-refractivity contribution < 1.29 is 33.4 Å². The molecule has 2 aromatic rings. The zero-order chi connectivity index (χ0) is 37.0. The van der Waals surface area contributed by atoms with E-state index in [0.717, 1.165) is 11.1 Å². The number of nitrogens with zero attached hydrogens (tertiary/aromatic N) is 1. The molecule has 5 N–H and O–H groups in total. The SMILES string of the molecule is CCCC(NC(=O)[C@H](CCc1ccccc1)NC(=O)CN1CCOCC1)(C(N)=O)[C@H](Cc1ccccc1)C(=O)N[C@H](CC(C)C)C(=O)[C@]1(C)CO1. The third-order valence-corrected chi connectivity index (χ3v) is 9.75. The molecule has 0 radical (unpaired) electrons. The van der Waals surface area contributed by atoms with E-state index in [9.17, 15) is 24.0 Å². The molecular formula is C39H55N5O7. The Hall–Kier alpha value is -4.13. The van der Waals surface area contributed by atoms with Crippen LogP contribution in [0.5, 0.6) is 0 Å². The smallest absolute Gasteiger partial charge is 0.244 e. The number of primary amides is 1. The summed E-state index contributed by atoms with van der Waals surface area (Å²) in [4.78, 5) is 71.5. The van der Waals surface area contributed by atoms with Crippen LogP contribution >= 0.6 is 0 Å². The number of carbonyl (C=O) groups excluding carboxylic acids is 5. The molecule has 5 atom stereocenters. The maximum Gasteiger partial charge on any atom is 0.244 e. The maximum atomic E-state index is 14.5. The largest absolute Gasteiger partial charge is 0.379 e. The van der Waals surface area contributed by atoms with Gasteiger partial charge < -0.3 is 31.2 Å². The van der Waals surface area contributed by atoms with Gasteiger partial charge in [0.05, 0.1) is 38.3 Å². The predicted molar refractivity (Wildman–Crippen MR) is 193 cm³/mol. The molecule has 2 heterocycles. The lowest BCUT2D eigenvalue weighted by Gasteiger charge is -2.40. The number of hydrogen-bond acceptors (Lipinski definition) is 8. The zero-order valence-electron chi connectivity index (χ0n) is 30.5. The minimum Gasteiger partial charge on any atom is -0.379 e. The van der Waals surface area contributed by atoms with Crippen molar-refractivity contribution in [2.75, 3.05) is 39.5 Å². The Bertz CT molecular complexity index is 1480. The number of nitrogens with one attached hydrogen (secondary N) is 3. The van der Waals surface area contributed by atoms with Gasteiger partial charge in [-0.25, -0.2) is 0 Å². The average Bonchev–Trinajstić information content (AvgIpc) is 3.87. The van der Waals surface area contributed by atoms with Crippen LogP contribution in [-0.2, 0) is 46.3 Å². The number of Topliss-reactive ketones (excluding diaryl/α,β-unsaturated/α-hetero) is 1. The number of morpholine rings is 1. The summed E-state index contributed by atoms with van der Waals surface area (Å²) in [5.74, 6) is -3.77. The molecule has 2 aliphatic rings. The second-order valence-electron chi connectivity index (χ2n) is 14.4. The highest BCUT2D eigenvalue weighted by Gasteiger charge is 2.53. The van der Waals surface area contributed by atoms with Crippen LogP contribution in [0.4, 0.5) is 0 Å². The van der Waals surface area contributed by atoms with E-state index in [2.05, 4.69) is 16.0 Å². The van der Waals surface area contributed by atoms with Crippen molar-refractivity contribution in [3.8, 4) is 0 Å². The van der Waals surface area contributed by atoms with Crippen molar-refractivity contribution in [1.29, 1.82) is 0 Å². The summed E-state index contributed by atoms with van der Waals surface area (Å²) in [5, 5.41) is 8.78. The molecule has 12 nitrogen and oxygen atoms in total. The van der Waals surface area contributed by atoms with Gasteiger partial charge in [-0.05, 0) is 56.1 Å². The van der Waals surface area contributed by atoms with Crippen molar-refractivity contribution in [3.63, 3.8) is 0 Å². The Morgan fingerprint density at radius 3 is 2.06 bits per heavy atom. The molecule has 2 aromatic carbocycles. The monoisotopic (exact) mass is 705 g/mol. The number of ether oxygens (including phenoxy) is 2. The van der Waals surface area contributed by atoms with E-state index in [0.29, 0.717) is 45.6 Å². The number of ketones is 1. The highest BCUT2D eigenvalue weighted by molar-refractivity contribution is 6.01. The van der Waals surface area contributed by atoms with Crippen LogP contribution in [0.15, 0.2) is 60.7 Å². The Kier molecular flexibility index (Phi) is 14.3. The van der Waals surface area contributed by atoms with Gasteiger partial charge in [0, 0.05) is 13.1 Å². The van der Waals surface area contributed by atoms with Crippen LogP contribution in [0.3, 0.4) is 0 Å². The lowest BCUT2D eigenvalue weighted by molar-refractivity contribution is -0.143. The molecule has 1 unspecified atom stereocenters. The van der Waals surface area contributed by atoms with Crippen molar-refractivity contribution in [2.24, 2.45) is 17.6 Å². The van der Waals surface area contributed by atoms with Gasteiger partial charge in [-0.15, -0.1) is 0 Å². The fraction of sp³-hybridized carbons (Fsp3) is 0.564. The van der Waals surface area contributed by atoms with E-state index in [-0.39, 0.29) is 50.0 Å². The fourth-order valence-corrected chi connectivity index (χ4v) is 6.74. The molecule has 0 saturated carbocycles. The topological polar surface area (TPSA) is 172 Å². The molecule has 2 saturated heterocycles. The second kappa shape index (κ2) is 18.4. The molecular weight excluding hydrogens is 650 g/mol. The molecule has 0 bridgehead atoms. The van der Waals surface area contributed by atoms with Gasteiger partial charge in [0.15, 0.2) is 5.78 Å². The molecule has 278 valence electrons. The molecule has 0 aliphatic carbocycles. The van der Waals surface area contributed by atoms with Crippen LogP contribution in [0.25, 0.3) is 0 Å². The van der Waals surface area contributed by atoms with Crippen LogP contribution in [-0.4, -0.2) is 97.0 Å². The Labute approximate surface area is 301 Å². The van der Waals surface area contributed by atoms with E-state index < -0.39 is 46.9 Å². The molecule has 4 amide bonds. The van der Waals surface area contributed by atoms with Crippen molar-refractivity contribution in [1.82, 2.24) is 20.9 Å². The fourth-order valence-electron chi connectivity index (χ4n) is 6.74. The molecule has 51 heavy (non-hydrogen) atoms. The summed E-state index contributed by atoms with van der Waals surface area (Å²) < 4.78 is 10.8. The van der Waals surface area contributed by atoms with E-state index in [1.807, 2.05) is 86.3 Å². The van der Waals surface area contributed by atoms with E-state index in [1.54, 1.807) is 6.92 Å². The van der Waals surface area contributed by atoms with Crippen molar-refractivity contribution in [2.45, 2.75) is 89.4 Å². The predicted octanol–water partition coefficient (Wildman–Crippen LogP) is 2.32. The van der Waals surface area contributed by atoms with Gasteiger partial charge in [0.1, 0.15) is 17.2 Å². The van der Waals surface area contributed by atoms with E-state index in [4.69, 9.17) is 15.2 Å². The molecule has 2 fully saturated rings. The van der Waals surface area contributed by atoms with Gasteiger partial charge in [-0.2, -0.15) is 0 Å². The minimum absolute atomic E-state index is 0.0513. The quantitative estimate of drug-likeness (QED) is 0.152. The average molecular weight is 706 g/mol. The van der Waals surface area contributed by atoms with E-state index >= 15 is 0 Å². The summed E-state index contributed by atoms with van der Waals surface area (Å²) >= 11 is 0. The lowest BCUT2D eigenvalue weighted by Crippen LogP contribution is -2.68. The molecule has 12 heteroatoms. The molecule has 2 aliphatic heterocycles. The van der Waals surface area contributed by atoms with Gasteiger partial charge >= 0.3 is 0 Å². The third kappa shape index (κ3) is 11.2. The summed E-state index contributed by atoms with van der Waals surface area (Å²) in [7, 11) is 0. The lowest BCUT2D eigenvalue weighted by atomic mass is 9.75. The van der Waals surface area contributed by atoms with Crippen molar-refractivity contribution in [3.05, 3.63) is 71.8 Å². The first-order valence-corrected chi connectivity index (χ1v) is 18.1. The highest BCUT2D eigenvalue weighted by atomic mass is 16.6. The van der Waals surface area contributed by atoms with Gasteiger partial charge in [-0.1, -0.05) is 87.9 Å². The van der Waals surface area contributed by atoms with Crippen LogP contribution < -0.4 is 21.7 Å². The third-order valence-electron chi connectivity index (χ3n) is 9.75. The number of benzene rings is 2. The Morgan fingerprint density at radius 2 is 1.51 bits per heavy atom. The maximum absolute atomic E-state index is 14.5. The zero-order valence-corrected chi connectivity index (χ0v) is 30.5. The summed E-state index contributed by atoms with van der Waals surface area (Å²) in [6, 6.07) is 16.9. The number of rotatable bonds is 20. The number of aryl methyl sites for hydroxylation is 1. The normalized spacial score (nSPS) is 20.3. The van der Waals surface area contributed by atoms with Crippen LogP contribution in [0, 0.1) is 11.8 Å². The molecule has 0 aromatic heterocycles. The second-order valence-corrected chi connectivity index (χ2v) is 14.4. The standard InChI is InChI=1S/C39H55N5O7/c1-5-18-39(37(40)49,30(24-29-14-10-7-11-15-29)35(47)42-32(23-27(2)3)34(46)38(4)26-51-38)43-36(48)31(17-16-28-12-8-6-9-13-28)41-33(45)25-44-19-21-50-22-20-44/h6-15,27,30-32H,5,16-26H2,1-4H3,(H2,40,49)(H,41,45)(H,42,47)(H,43,48)/t30-,31+,32-,38+,39?/m1/s1. The van der Waals surface area contributed by atoms with Crippen LogP contribution in [0.1, 0.15) is 64.5 Å². The number of nitrogens with two attached hydrogens (primary N) is 1. The summed E-state index contributed by atoms with van der Waals surface area (Å²) in [6.07, 6.45) is 1.59. The first-order chi connectivity index (χ1) is 24.4. The first kappa shape index (κ1) is 39.7. The van der Waals surface area contributed by atoms with Crippen LogP contribution in [0.2, 0.25) is 0 Å². The summed E-state index contributed by atoms with van der Waals surface area (Å²) in [5.41, 5.74) is 5.10. The van der Waals surface area contributed by atoms with Gasteiger partial charge in [0.2, 0.25) is 23.6 Å². The number of amides is 4. The number of epoxide rings is 1. The highest BCUT2D eigenvalue weighted by Crippen LogP contribution is 2.32. The summed E-state index contributed by atoms with van der Waals surface area (Å²) in [6.45, 7) is 10.0. The Morgan fingerprint density at radius 1 is 0.902 bits per heavy atom. The van der Waals surface area contributed by atoms with E-state index in [1.165, 1.54) is 0 Å². The minimum atomic E-state index is -1.85. The Balaban J connectivity index is 1.67. The molecule has 4 rings (SSSR count). The molecule has 0 spiro atoms. The number of hydrogen-bond donors (Lipinski definition) is 4. The first-order valence-electron chi connectivity index (χ1n) is 18.1. The van der Waals surface area contributed by atoms with Gasteiger partial charge in [0.25, 0.3) is 0 Å².